The third-order valence-corrected chi connectivity index (χ3v) is 0.782. The molecule has 0 bridgehead atoms. The van der Waals surface area contributed by atoms with Gasteiger partial charge in [-0.3, -0.25) is 9.11 Å². The van der Waals surface area contributed by atoms with Gasteiger partial charge in [0, 0.05) is 0 Å². The van der Waals surface area contributed by atoms with Crippen molar-refractivity contribution in [1.82, 2.24) is 0 Å². The molecule has 0 aliphatic carbocycles. The fraction of sp³-hybridized carbons (Fsp3) is 0.500. The average molecular weight is 286 g/mol. The van der Waals surface area contributed by atoms with E-state index in [0.717, 1.165) is 0 Å². The first kappa shape index (κ1) is 21.3. The second-order valence-corrected chi connectivity index (χ2v) is 2.87. The molecule has 90 valence electrons. The van der Waals surface area contributed by atoms with E-state index in [4.69, 9.17) is 27.7 Å². The zero-order valence-corrected chi connectivity index (χ0v) is 10.5. The fourth-order valence-corrected chi connectivity index (χ4v) is 0.258. The summed E-state index contributed by atoms with van der Waals surface area (Å²) in [6.07, 6.45) is -4.88. The Balaban J connectivity index is -0.000000242. The first-order valence-corrected chi connectivity index (χ1v) is 4.34. The predicted octanol–water partition coefficient (Wildman–Crippen LogP) is -5.83. The van der Waals surface area contributed by atoms with E-state index in [1.807, 2.05) is 0 Å². The van der Waals surface area contributed by atoms with Crippen LogP contribution >= 0.6 is 0 Å². The molecule has 0 heterocycles. The fourth-order valence-electron chi connectivity index (χ4n) is 0.258. The van der Waals surface area contributed by atoms with Gasteiger partial charge in [0.05, 0.1) is 11.9 Å². The van der Waals surface area contributed by atoms with E-state index in [1.54, 1.807) is 0 Å². The SMILES string of the molecule is O=C([O-])C(O)C(O)C(=O)[O-].O=S(=O)(O)O.[Ca+2]. The zero-order valence-electron chi connectivity index (χ0n) is 7.51. The average Bonchev–Trinajstić information content (AvgIpc) is 1.98. The van der Waals surface area contributed by atoms with Gasteiger partial charge in [-0.2, -0.15) is 8.42 Å². The van der Waals surface area contributed by atoms with Crippen LogP contribution in [-0.2, 0) is 20.0 Å². The minimum Gasteiger partial charge on any atom is -0.547 e. The summed E-state index contributed by atoms with van der Waals surface area (Å²) in [6.45, 7) is 0. The van der Waals surface area contributed by atoms with Crippen molar-refractivity contribution in [3.8, 4) is 0 Å². The summed E-state index contributed by atoms with van der Waals surface area (Å²) >= 11 is 0. The first-order valence-electron chi connectivity index (χ1n) is 2.94. The number of rotatable bonds is 3. The molecule has 2 unspecified atom stereocenters. The Hall–Kier alpha value is -0.0103. The molecule has 16 heavy (non-hydrogen) atoms. The predicted molar refractivity (Wildman–Crippen MR) is 42.0 cm³/mol. The van der Waals surface area contributed by atoms with Crippen LogP contribution in [0.5, 0.6) is 0 Å². The number of aliphatic carboxylic acids is 2. The van der Waals surface area contributed by atoms with Gasteiger partial charge in [-0.15, -0.1) is 0 Å². The molecule has 10 nitrogen and oxygen atoms in total. The normalized spacial score (nSPS) is 13.5. The van der Waals surface area contributed by atoms with Crippen molar-refractivity contribution in [2.24, 2.45) is 0 Å². The van der Waals surface area contributed by atoms with Crippen molar-refractivity contribution < 1.29 is 47.5 Å². The largest absolute Gasteiger partial charge is 2.00 e. The van der Waals surface area contributed by atoms with Crippen molar-refractivity contribution in [3.05, 3.63) is 0 Å². The van der Waals surface area contributed by atoms with E-state index in [1.165, 1.54) is 0 Å². The molecule has 0 amide bonds. The summed E-state index contributed by atoms with van der Waals surface area (Å²) in [5.41, 5.74) is 0. The number of carbonyl (C=O) groups excluding carboxylic acids is 2. The van der Waals surface area contributed by atoms with E-state index >= 15 is 0 Å². The Morgan fingerprint density at radius 1 is 0.938 bits per heavy atom. The Kier molecular flexibility index (Phi) is 12.1. The van der Waals surface area contributed by atoms with Crippen LogP contribution in [-0.4, -0.2) is 89.6 Å². The van der Waals surface area contributed by atoms with E-state index in [-0.39, 0.29) is 37.7 Å². The van der Waals surface area contributed by atoms with Gasteiger partial charge < -0.3 is 30.0 Å². The van der Waals surface area contributed by atoms with Gasteiger partial charge in [-0.1, -0.05) is 0 Å². The van der Waals surface area contributed by atoms with Gasteiger partial charge in [0.15, 0.2) is 0 Å². The number of carbonyl (C=O) groups is 2. The number of aliphatic hydroxyl groups excluding tert-OH is 2. The van der Waals surface area contributed by atoms with Gasteiger partial charge in [0.25, 0.3) is 0 Å². The van der Waals surface area contributed by atoms with E-state index in [9.17, 15) is 19.8 Å². The molecule has 0 aromatic rings. The van der Waals surface area contributed by atoms with Crippen LogP contribution < -0.4 is 10.2 Å². The third kappa shape index (κ3) is 16.4. The number of hydrogen-bond donors (Lipinski definition) is 4. The molecular weight excluding hydrogens is 280 g/mol. The van der Waals surface area contributed by atoms with Crippen molar-refractivity contribution in [2.45, 2.75) is 12.2 Å². The molecule has 0 aliphatic rings. The maximum absolute atomic E-state index is 9.63. The molecule has 0 radical (unpaired) electrons. The van der Waals surface area contributed by atoms with Crippen LogP contribution in [0.25, 0.3) is 0 Å². The standard InChI is InChI=1S/C4H6O6.Ca.H2O4S/c5-1(3(7)8)2(6)4(9)10;;1-5(2,3)4/h1-2,5-6H,(H,7,8)(H,9,10);;(H2,1,2,3,4)/q;+2;/p-2. The monoisotopic (exact) mass is 286 g/mol. The Morgan fingerprint density at radius 2 is 1.06 bits per heavy atom. The van der Waals surface area contributed by atoms with Crippen LogP contribution in [0, 0.1) is 0 Å². The Labute approximate surface area is 119 Å². The molecule has 12 heteroatoms. The molecule has 0 aromatic heterocycles. The third-order valence-electron chi connectivity index (χ3n) is 0.782. The molecule has 2 atom stereocenters. The topological polar surface area (TPSA) is 195 Å². The van der Waals surface area contributed by atoms with E-state index < -0.39 is 34.5 Å². The summed E-state index contributed by atoms with van der Waals surface area (Å²) in [7, 11) is -4.67. The Morgan fingerprint density at radius 3 is 1.12 bits per heavy atom. The molecule has 0 spiro atoms. The maximum atomic E-state index is 9.63. The van der Waals surface area contributed by atoms with Crippen LogP contribution in [0.1, 0.15) is 0 Å². The molecule has 0 aliphatic heterocycles. The number of carboxylic acid groups (broad SMARTS) is 2. The second-order valence-electron chi connectivity index (χ2n) is 1.98. The van der Waals surface area contributed by atoms with Crippen LogP contribution in [0.4, 0.5) is 0 Å². The number of aliphatic hydroxyl groups is 2. The summed E-state index contributed by atoms with van der Waals surface area (Å²) < 4.78 is 31.6. The molecule has 0 rings (SSSR count). The molecule has 0 saturated heterocycles. The first-order chi connectivity index (χ1) is 6.46. The van der Waals surface area contributed by atoms with Gasteiger partial charge in [-0.05, 0) is 0 Å². The molecule has 0 aromatic carbocycles. The van der Waals surface area contributed by atoms with Gasteiger partial charge in [0.1, 0.15) is 12.2 Å². The summed E-state index contributed by atoms with van der Waals surface area (Å²) in [4.78, 5) is 19.3. The Bertz CT molecular complexity index is 296. The van der Waals surface area contributed by atoms with Gasteiger partial charge >= 0.3 is 48.1 Å². The summed E-state index contributed by atoms with van der Waals surface area (Å²) in [5.74, 6) is -4.12. The smallest absolute Gasteiger partial charge is 0.547 e. The molecule has 0 saturated carbocycles. The van der Waals surface area contributed by atoms with Crippen molar-refractivity contribution in [3.63, 3.8) is 0 Å². The second kappa shape index (κ2) is 9.06. The molecule has 4 N–H and O–H groups in total. The minimum absolute atomic E-state index is 0. The van der Waals surface area contributed by atoms with E-state index in [2.05, 4.69) is 0 Å². The van der Waals surface area contributed by atoms with Gasteiger partial charge in [0.2, 0.25) is 0 Å². The van der Waals surface area contributed by atoms with Crippen molar-refractivity contribution in [2.75, 3.05) is 0 Å². The van der Waals surface area contributed by atoms with Gasteiger partial charge in [-0.25, -0.2) is 0 Å². The van der Waals surface area contributed by atoms with Crippen LogP contribution in [0.15, 0.2) is 0 Å². The minimum atomic E-state index is -4.67. The molecule has 0 fully saturated rings. The van der Waals surface area contributed by atoms with Crippen LogP contribution in [0.2, 0.25) is 0 Å². The number of carboxylic acids is 2. The summed E-state index contributed by atoms with van der Waals surface area (Å²) in [6, 6.07) is 0. The summed E-state index contributed by atoms with van der Waals surface area (Å²) in [5, 5.41) is 35.7. The van der Waals surface area contributed by atoms with Crippen molar-refractivity contribution >= 4 is 60.1 Å². The number of hydrogen-bond acceptors (Lipinski definition) is 8. The quantitative estimate of drug-likeness (QED) is 0.286. The maximum Gasteiger partial charge on any atom is 2.00 e. The van der Waals surface area contributed by atoms with Crippen molar-refractivity contribution in [1.29, 1.82) is 0 Å². The van der Waals surface area contributed by atoms with Crippen LogP contribution in [0.3, 0.4) is 0 Å². The zero-order chi connectivity index (χ0) is 12.8. The molecular formula is C4H6CaO10S. The van der Waals surface area contributed by atoms with E-state index in [0.29, 0.717) is 0 Å².